The minimum Gasteiger partial charge on any atom is -0.493 e. The van der Waals surface area contributed by atoms with Crippen LogP contribution in [0.25, 0.3) is 0 Å². The Kier molecular flexibility index (Phi) is 6.17. The number of aryl methyl sites for hydroxylation is 1. The molecule has 2 aromatic carbocycles. The van der Waals surface area contributed by atoms with Crippen LogP contribution >= 0.6 is 0 Å². The number of benzene rings is 2. The van der Waals surface area contributed by atoms with Crippen LogP contribution in [0.5, 0.6) is 5.75 Å². The van der Waals surface area contributed by atoms with E-state index in [2.05, 4.69) is 5.32 Å². The maximum atomic E-state index is 12.3. The second kappa shape index (κ2) is 8.13. The van der Waals surface area contributed by atoms with Crippen LogP contribution < -0.4 is 10.1 Å². The number of nitrogens with one attached hydrogen (secondary N) is 1. The highest BCUT2D eigenvalue weighted by atomic mass is 32.2. The number of nitrogens with zero attached hydrogens (tertiary/aromatic N) is 1. The Morgan fingerprint density at radius 1 is 1.12 bits per heavy atom. The molecule has 0 aliphatic heterocycles. The minimum atomic E-state index is -3.56. The summed E-state index contributed by atoms with van der Waals surface area (Å²) in [5, 5.41) is 2.70. The molecule has 0 saturated carbocycles. The zero-order chi connectivity index (χ0) is 18.4. The van der Waals surface area contributed by atoms with Gasteiger partial charge in [-0.2, -0.15) is 0 Å². The number of ether oxygens (including phenoxy) is 1. The molecule has 2 aromatic rings. The molecule has 0 saturated heterocycles. The highest BCUT2D eigenvalue weighted by molar-refractivity contribution is 7.89. The second-order valence-electron chi connectivity index (χ2n) is 5.73. The summed E-state index contributed by atoms with van der Waals surface area (Å²) in [6.07, 6.45) is 0.165. The normalized spacial score (nSPS) is 11.4. The summed E-state index contributed by atoms with van der Waals surface area (Å²) in [7, 11) is -0.615. The van der Waals surface area contributed by atoms with Gasteiger partial charge in [-0.25, -0.2) is 12.7 Å². The smallest absolute Gasteiger partial charge is 0.242 e. The lowest BCUT2D eigenvalue weighted by atomic mass is 10.2. The molecule has 0 aliphatic carbocycles. The predicted octanol–water partition coefficient (Wildman–Crippen LogP) is 2.65. The van der Waals surface area contributed by atoms with Crippen LogP contribution in [-0.4, -0.2) is 39.3 Å². The molecule has 6 nitrogen and oxygen atoms in total. The van der Waals surface area contributed by atoms with E-state index in [9.17, 15) is 13.2 Å². The first kappa shape index (κ1) is 19.0. The summed E-state index contributed by atoms with van der Waals surface area (Å²) in [5.74, 6) is 0.456. The first-order valence-corrected chi connectivity index (χ1v) is 9.25. The standard InChI is InChI=1S/C18H22N2O4S/c1-14-9-10-15(13-17(14)25(22,23)20(2)3)19-18(21)11-12-24-16-7-5-4-6-8-16/h4-10,13H,11-12H2,1-3H3,(H,19,21). The molecule has 0 spiro atoms. The number of rotatable bonds is 7. The van der Waals surface area contributed by atoms with Crippen molar-refractivity contribution in [3.05, 3.63) is 54.1 Å². The van der Waals surface area contributed by atoms with Crippen molar-refractivity contribution in [3.8, 4) is 5.75 Å². The van der Waals surface area contributed by atoms with Crippen LogP contribution in [0.3, 0.4) is 0 Å². The number of carbonyl (C=O) groups excluding carboxylic acids is 1. The van der Waals surface area contributed by atoms with Crippen LogP contribution in [0, 0.1) is 6.92 Å². The molecule has 0 fully saturated rings. The van der Waals surface area contributed by atoms with Gasteiger partial charge in [0.15, 0.2) is 0 Å². The number of carbonyl (C=O) groups is 1. The fraction of sp³-hybridized carbons (Fsp3) is 0.278. The summed E-state index contributed by atoms with van der Waals surface area (Å²) >= 11 is 0. The Morgan fingerprint density at radius 3 is 2.44 bits per heavy atom. The molecule has 0 radical (unpaired) electrons. The molecule has 0 heterocycles. The van der Waals surface area contributed by atoms with E-state index in [4.69, 9.17) is 4.74 Å². The molecule has 1 N–H and O–H groups in total. The Bertz CT molecular complexity index is 833. The Morgan fingerprint density at radius 2 is 1.80 bits per heavy atom. The van der Waals surface area contributed by atoms with Crippen LogP contribution in [0.15, 0.2) is 53.4 Å². The molecule has 0 bridgehead atoms. The van der Waals surface area contributed by atoms with Crippen molar-refractivity contribution in [2.24, 2.45) is 0 Å². The lowest BCUT2D eigenvalue weighted by Gasteiger charge is -2.15. The first-order chi connectivity index (χ1) is 11.8. The van der Waals surface area contributed by atoms with E-state index in [1.807, 2.05) is 30.3 Å². The van der Waals surface area contributed by atoms with E-state index < -0.39 is 10.0 Å². The van der Waals surface area contributed by atoms with Gasteiger partial charge in [-0.1, -0.05) is 24.3 Å². The maximum Gasteiger partial charge on any atom is 0.242 e. The molecule has 25 heavy (non-hydrogen) atoms. The summed E-state index contributed by atoms with van der Waals surface area (Å²) in [6.45, 7) is 1.96. The van der Waals surface area contributed by atoms with E-state index in [1.54, 1.807) is 19.1 Å². The van der Waals surface area contributed by atoms with Crippen LogP contribution in [0.4, 0.5) is 5.69 Å². The SMILES string of the molecule is Cc1ccc(NC(=O)CCOc2ccccc2)cc1S(=O)(=O)N(C)C. The van der Waals surface area contributed by atoms with E-state index in [0.29, 0.717) is 17.0 Å². The second-order valence-corrected chi connectivity index (χ2v) is 7.85. The van der Waals surface area contributed by atoms with Gasteiger partial charge < -0.3 is 10.1 Å². The van der Waals surface area contributed by atoms with Gasteiger partial charge in [0.2, 0.25) is 15.9 Å². The summed E-state index contributed by atoms with van der Waals surface area (Å²) in [6, 6.07) is 14.1. The number of amides is 1. The van der Waals surface area contributed by atoms with Crippen LogP contribution in [0.2, 0.25) is 0 Å². The zero-order valence-electron chi connectivity index (χ0n) is 14.5. The molecular formula is C18H22N2O4S. The largest absolute Gasteiger partial charge is 0.493 e. The van der Waals surface area contributed by atoms with E-state index in [-0.39, 0.29) is 23.8 Å². The van der Waals surface area contributed by atoms with Gasteiger partial charge in [0, 0.05) is 19.8 Å². The summed E-state index contributed by atoms with van der Waals surface area (Å²) in [5.41, 5.74) is 1.06. The fourth-order valence-corrected chi connectivity index (χ4v) is 3.30. The van der Waals surface area contributed by atoms with Crippen molar-refractivity contribution in [1.82, 2.24) is 4.31 Å². The molecule has 0 aliphatic rings. The van der Waals surface area contributed by atoms with Gasteiger partial charge in [-0.05, 0) is 36.8 Å². The maximum absolute atomic E-state index is 12.3. The van der Waals surface area contributed by atoms with Crippen molar-refractivity contribution in [3.63, 3.8) is 0 Å². The van der Waals surface area contributed by atoms with Crippen LogP contribution in [0.1, 0.15) is 12.0 Å². The van der Waals surface area contributed by atoms with Crippen molar-refractivity contribution >= 4 is 21.6 Å². The summed E-state index contributed by atoms with van der Waals surface area (Å²) in [4.78, 5) is 12.2. The third-order valence-corrected chi connectivity index (χ3v) is 5.53. The van der Waals surface area contributed by atoms with Gasteiger partial charge in [0.25, 0.3) is 0 Å². The number of anilines is 1. The van der Waals surface area contributed by atoms with E-state index in [0.717, 1.165) is 4.31 Å². The van der Waals surface area contributed by atoms with Gasteiger partial charge in [-0.3, -0.25) is 4.79 Å². The molecule has 134 valence electrons. The molecular weight excluding hydrogens is 340 g/mol. The molecule has 0 unspecified atom stereocenters. The van der Waals surface area contributed by atoms with Gasteiger partial charge in [-0.15, -0.1) is 0 Å². The molecule has 1 amide bonds. The monoisotopic (exact) mass is 362 g/mol. The number of sulfonamides is 1. The Balaban J connectivity index is 1.99. The van der Waals surface area contributed by atoms with Crippen molar-refractivity contribution in [2.75, 3.05) is 26.0 Å². The van der Waals surface area contributed by atoms with Crippen molar-refractivity contribution in [2.45, 2.75) is 18.2 Å². The number of hydrogen-bond donors (Lipinski definition) is 1. The minimum absolute atomic E-state index is 0.165. The van der Waals surface area contributed by atoms with Gasteiger partial charge in [0.1, 0.15) is 5.75 Å². The van der Waals surface area contributed by atoms with E-state index >= 15 is 0 Å². The van der Waals surface area contributed by atoms with Gasteiger partial charge >= 0.3 is 0 Å². The van der Waals surface area contributed by atoms with Gasteiger partial charge in [0.05, 0.1) is 17.9 Å². The van der Waals surface area contributed by atoms with E-state index in [1.165, 1.54) is 20.2 Å². The lowest BCUT2D eigenvalue weighted by molar-refractivity contribution is -0.116. The molecule has 0 atom stereocenters. The average Bonchev–Trinajstić information content (AvgIpc) is 2.57. The number of para-hydroxylation sites is 1. The molecule has 7 heteroatoms. The zero-order valence-corrected chi connectivity index (χ0v) is 15.3. The average molecular weight is 362 g/mol. The van der Waals surface area contributed by atoms with Crippen molar-refractivity contribution < 1.29 is 17.9 Å². The Labute approximate surface area is 148 Å². The Hall–Kier alpha value is -2.38. The topological polar surface area (TPSA) is 75.7 Å². The van der Waals surface area contributed by atoms with Crippen LogP contribution in [-0.2, 0) is 14.8 Å². The molecule has 2 rings (SSSR count). The number of hydrogen-bond acceptors (Lipinski definition) is 4. The quantitative estimate of drug-likeness (QED) is 0.822. The van der Waals surface area contributed by atoms with Crippen molar-refractivity contribution in [1.29, 1.82) is 0 Å². The summed E-state index contributed by atoms with van der Waals surface area (Å²) < 4.78 is 31.3. The molecule has 0 aromatic heterocycles. The predicted molar refractivity (Wildman–Crippen MR) is 97.2 cm³/mol. The third-order valence-electron chi connectivity index (χ3n) is 3.57. The lowest BCUT2D eigenvalue weighted by Crippen LogP contribution is -2.23. The first-order valence-electron chi connectivity index (χ1n) is 7.81. The third kappa shape index (κ3) is 5.04. The highest BCUT2D eigenvalue weighted by Crippen LogP contribution is 2.22. The highest BCUT2D eigenvalue weighted by Gasteiger charge is 2.20. The fourth-order valence-electron chi connectivity index (χ4n) is 2.15.